The maximum atomic E-state index is 12.1. The van der Waals surface area contributed by atoms with Crippen LogP contribution in [0.15, 0.2) is 18.2 Å². The number of likely N-dealkylation sites (tertiary alicyclic amines) is 1. The highest BCUT2D eigenvalue weighted by molar-refractivity contribution is 7.88. The van der Waals surface area contributed by atoms with Gasteiger partial charge in [-0.05, 0) is 44.2 Å². The van der Waals surface area contributed by atoms with E-state index < -0.39 is 10.0 Å². The summed E-state index contributed by atoms with van der Waals surface area (Å²) in [7, 11) is -3.33. The first-order valence-corrected chi connectivity index (χ1v) is 9.37. The van der Waals surface area contributed by atoms with Gasteiger partial charge in [0.15, 0.2) is 0 Å². The summed E-state index contributed by atoms with van der Waals surface area (Å²) in [5.74, 6) is 0.220. The van der Waals surface area contributed by atoms with E-state index in [0.29, 0.717) is 19.0 Å². The lowest BCUT2D eigenvalue weighted by molar-refractivity contribution is -0.131. The summed E-state index contributed by atoms with van der Waals surface area (Å²) in [6.45, 7) is 3.17. The molecule has 122 valence electrons. The molecule has 1 unspecified atom stereocenters. The van der Waals surface area contributed by atoms with Gasteiger partial charge >= 0.3 is 0 Å². The van der Waals surface area contributed by atoms with Crippen LogP contribution in [-0.4, -0.2) is 50.1 Å². The highest BCUT2D eigenvalue weighted by Crippen LogP contribution is 2.20. The van der Waals surface area contributed by atoms with Crippen LogP contribution >= 0.6 is 0 Å². The number of piperidine rings is 1. The number of pyridine rings is 1. The van der Waals surface area contributed by atoms with Crippen LogP contribution in [-0.2, 0) is 21.2 Å². The van der Waals surface area contributed by atoms with Gasteiger partial charge in [0.05, 0.1) is 12.8 Å². The van der Waals surface area contributed by atoms with Crippen molar-refractivity contribution >= 4 is 15.9 Å². The van der Waals surface area contributed by atoms with Gasteiger partial charge < -0.3 is 4.90 Å². The summed E-state index contributed by atoms with van der Waals surface area (Å²) in [5, 5.41) is 0. The second-order valence-corrected chi connectivity index (χ2v) is 7.75. The first kappa shape index (κ1) is 16.9. The van der Waals surface area contributed by atoms with Crippen molar-refractivity contribution in [2.24, 2.45) is 5.92 Å². The fraction of sp³-hybridized carbons (Fsp3) is 0.600. The van der Waals surface area contributed by atoms with Crippen LogP contribution in [0.25, 0.3) is 0 Å². The number of carbonyl (C=O) groups excluding carboxylic acids is 1. The molecule has 7 heteroatoms. The number of carbonyl (C=O) groups is 1. The van der Waals surface area contributed by atoms with Gasteiger partial charge in [0.1, 0.15) is 0 Å². The van der Waals surface area contributed by atoms with Crippen LogP contribution in [0.1, 0.15) is 24.2 Å². The van der Waals surface area contributed by atoms with Crippen molar-refractivity contribution in [3.05, 3.63) is 29.6 Å². The number of aryl methyl sites for hydroxylation is 1. The van der Waals surface area contributed by atoms with Crippen LogP contribution in [0.2, 0.25) is 0 Å². The second kappa shape index (κ2) is 7.19. The average molecular weight is 325 g/mol. The Bertz CT molecular complexity index is 631. The highest BCUT2D eigenvalue weighted by Gasteiger charge is 2.24. The van der Waals surface area contributed by atoms with E-state index in [1.807, 2.05) is 25.1 Å². The summed E-state index contributed by atoms with van der Waals surface area (Å²) in [6.07, 6.45) is 3.92. The molecule has 1 aliphatic rings. The highest BCUT2D eigenvalue weighted by atomic mass is 32.2. The minimum absolute atomic E-state index is 0.158. The van der Waals surface area contributed by atoms with Gasteiger partial charge in [0, 0.05) is 24.5 Å². The minimum Gasteiger partial charge on any atom is -0.341 e. The zero-order valence-electron chi connectivity index (χ0n) is 13.1. The molecule has 0 aliphatic carbocycles. The molecule has 6 nitrogen and oxygen atoms in total. The Labute approximate surface area is 132 Å². The summed E-state index contributed by atoms with van der Waals surface area (Å²) < 4.78 is 24.4. The molecule has 22 heavy (non-hydrogen) atoms. The Kier molecular flexibility index (Phi) is 5.52. The molecule has 1 fully saturated rings. The van der Waals surface area contributed by atoms with Crippen molar-refractivity contribution in [1.29, 1.82) is 0 Å². The second-order valence-electron chi connectivity index (χ2n) is 5.92. The molecule has 1 saturated heterocycles. The molecule has 0 spiro atoms. The van der Waals surface area contributed by atoms with E-state index in [9.17, 15) is 13.2 Å². The van der Waals surface area contributed by atoms with E-state index in [1.54, 1.807) is 4.90 Å². The molecule has 0 saturated carbocycles. The predicted molar refractivity (Wildman–Crippen MR) is 84.8 cm³/mol. The first-order valence-electron chi connectivity index (χ1n) is 7.48. The lowest BCUT2D eigenvalue weighted by atomic mass is 9.93. The van der Waals surface area contributed by atoms with Crippen LogP contribution < -0.4 is 4.72 Å². The third-order valence-corrected chi connectivity index (χ3v) is 4.47. The van der Waals surface area contributed by atoms with Crippen LogP contribution in [0.3, 0.4) is 0 Å². The SMILES string of the molecule is Cc1cccc(CC2CCCN(C(=O)CNS(C)(=O)=O)C2)n1. The number of aromatic nitrogens is 1. The van der Waals surface area contributed by atoms with E-state index in [4.69, 9.17) is 0 Å². The average Bonchev–Trinajstić information content (AvgIpc) is 2.44. The normalized spacial score (nSPS) is 19.2. The maximum Gasteiger partial charge on any atom is 0.237 e. The molecular weight excluding hydrogens is 302 g/mol. The zero-order valence-corrected chi connectivity index (χ0v) is 13.9. The van der Waals surface area contributed by atoms with Crippen LogP contribution in [0.4, 0.5) is 0 Å². The largest absolute Gasteiger partial charge is 0.341 e. The Morgan fingerprint density at radius 1 is 1.45 bits per heavy atom. The van der Waals surface area contributed by atoms with Gasteiger partial charge in [-0.25, -0.2) is 13.1 Å². The zero-order chi connectivity index (χ0) is 16.2. The van der Waals surface area contributed by atoms with Gasteiger partial charge in [-0.3, -0.25) is 9.78 Å². The monoisotopic (exact) mass is 325 g/mol. The number of amides is 1. The van der Waals surface area contributed by atoms with E-state index in [0.717, 1.165) is 36.9 Å². The molecule has 1 aliphatic heterocycles. The van der Waals surface area contributed by atoms with Crippen molar-refractivity contribution in [1.82, 2.24) is 14.6 Å². The lowest BCUT2D eigenvalue weighted by Crippen LogP contribution is -2.45. The molecule has 1 amide bonds. The molecule has 1 atom stereocenters. The van der Waals surface area contributed by atoms with Crippen LogP contribution in [0.5, 0.6) is 0 Å². The number of rotatable bonds is 5. The van der Waals surface area contributed by atoms with E-state index in [-0.39, 0.29) is 12.5 Å². The molecule has 1 N–H and O–H groups in total. The third kappa shape index (κ3) is 5.38. The summed E-state index contributed by atoms with van der Waals surface area (Å²) >= 11 is 0. The van der Waals surface area contributed by atoms with Crippen molar-refractivity contribution in [2.45, 2.75) is 26.2 Å². The molecule has 2 rings (SSSR count). The van der Waals surface area contributed by atoms with Gasteiger partial charge in [-0.1, -0.05) is 6.07 Å². The Morgan fingerprint density at radius 3 is 2.91 bits per heavy atom. The van der Waals surface area contributed by atoms with E-state index in [2.05, 4.69) is 9.71 Å². The Balaban J connectivity index is 1.90. The summed E-state index contributed by atoms with van der Waals surface area (Å²) in [4.78, 5) is 18.3. The number of nitrogens with one attached hydrogen (secondary N) is 1. The lowest BCUT2D eigenvalue weighted by Gasteiger charge is -2.32. The fourth-order valence-corrected chi connectivity index (χ4v) is 3.16. The number of sulfonamides is 1. The van der Waals surface area contributed by atoms with E-state index in [1.165, 1.54) is 0 Å². The minimum atomic E-state index is -3.33. The van der Waals surface area contributed by atoms with Gasteiger partial charge in [-0.15, -0.1) is 0 Å². The first-order chi connectivity index (χ1) is 10.3. The quantitative estimate of drug-likeness (QED) is 0.865. The molecular formula is C15H23N3O3S. The number of hydrogen-bond acceptors (Lipinski definition) is 4. The summed E-state index contributed by atoms with van der Waals surface area (Å²) in [6, 6.07) is 5.98. The predicted octanol–water partition coefficient (Wildman–Crippen LogP) is 0.720. The van der Waals surface area contributed by atoms with Crippen molar-refractivity contribution in [2.75, 3.05) is 25.9 Å². The van der Waals surface area contributed by atoms with Crippen molar-refractivity contribution in [3.8, 4) is 0 Å². The molecule has 2 heterocycles. The van der Waals surface area contributed by atoms with Crippen molar-refractivity contribution < 1.29 is 13.2 Å². The maximum absolute atomic E-state index is 12.1. The van der Waals surface area contributed by atoms with Gasteiger partial charge in [-0.2, -0.15) is 0 Å². The number of nitrogens with zero attached hydrogens (tertiary/aromatic N) is 2. The van der Waals surface area contributed by atoms with Gasteiger partial charge in [0.2, 0.25) is 15.9 Å². The van der Waals surface area contributed by atoms with Crippen LogP contribution in [0, 0.1) is 12.8 Å². The Hall–Kier alpha value is -1.47. The number of hydrogen-bond donors (Lipinski definition) is 1. The topological polar surface area (TPSA) is 79.4 Å². The third-order valence-electron chi connectivity index (χ3n) is 3.80. The molecule has 0 bridgehead atoms. The molecule has 1 aromatic heterocycles. The Morgan fingerprint density at radius 2 is 2.23 bits per heavy atom. The molecule has 0 aromatic carbocycles. The van der Waals surface area contributed by atoms with E-state index >= 15 is 0 Å². The summed E-state index contributed by atoms with van der Waals surface area (Å²) in [5.41, 5.74) is 2.05. The van der Waals surface area contributed by atoms with Crippen molar-refractivity contribution in [3.63, 3.8) is 0 Å². The standard InChI is InChI=1S/C15H23N3O3S/c1-12-5-3-7-14(17-12)9-13-6-4-8-18(11-13)15(19)10-16-22(2,20)21/h3,5,7,13,16H,4,6,8-11H2,1-2H3. The smallest absolute Gasteiger partial charge is 0.237 e. The fourth-order valence-electron chi connectivity index (χ4n) is 2.77. The van der Waals surface area contributed by atoms with Gasteiger partial charge in [0.25, 0.3) is 0 Å². The molecule has 0 radical (unpaired) electrons. The molecule has 1 aromatic rings.